The Bertz CT molecular complexity index is 172. The highest BCUT2D eigenvalue weighted by molar-refractivity contribution is 5.00. The summed E-state index contributed by atoms with van der Waals surface area (Å²) in [7, 11) is 0. The van der Waals surface area contributed by atoms with E-state index in [4.69, 9.17) is 5.11 Å². The second kappa shape index (κ2) is 8.08. The van der Waals surface area contributed by atoms with E-state index in [-0.39, 0.29) is 6.61 Å². The van der Waals surface area contributed by atoms with Crippen molar-refractivity contribution in [2.45, 2.75) is 26.2 Å². The molecule has 0 fully saturated rings. The third kappa shape index (κ3) is 7.08. The summed E-state index contributed by atoms with van der Waals surface area (Å²) in [6, 6.07) is 0. The average Bonchev–Trinajstić information content (AvgIpc) is 1.97. The quantitative estimate of drug-likeness (QED) is 0.446. The molecule has 10 heavy (non-hydrogen) atoms. The van der Waals surface area contributed by atoms with Crippen LogP contribution in [0.1, 0.15) is 26.2 Å². The van der Waals surface area contributed by atoms with Crippen molar-refractivity contribution in [2.75, 3.05) is 6.61 Å². The first-order valence-corrected chi connectivity index (χ1v) is 3.38. The minimum atomic E-state index is -0.0283. The Morgan fingerprint density at radius 1 is 1.10 bits per heavy atom. The summed E-state index contributed by atoms with van der Waals surface area (Å²) in [5.74, 6) is 11.2. The van der Waals surface area contributed by atoms with Crippen LogP contribution in [-0.2, 0) is 0 Å². The highest BCUT2D eigenvalue weighted by atomic mass is 16.2. The molecule has 1 heteroatoms. The Labute approximate surface area is 62.5 Å². The molecule has 0 aliphatic rings. The van der Waals surface area contributed by atoms with E-state index in [1.807, 2.05) is 6.92 Å². The van der Waals surface area contributed by atoms with Crippen LogP contribution in [0.2, 0.25) is 0 Å². The minimum absolute atomic E-state index is 0.0283. The first-order valence-electron chi connectivity index (χ1n) is 3.38. The molecule has 0 amide bonds. The normalized spacial score (nSPS) is 7.00. The molecule has 0 rings (SSSR count). The SMILES string of the molecule is CC#CCCCC#CCO. The zero-order valence-corrected chi connectivity index (χ0v) is 6.28. The van der Waals surface area contributed by atoms with Crippen LogP contribution in [0.5, 0.6) is 0 Å². The number of aliphatic hydroxyl groups is 1. The molecule has 0 aliphatic heterocycles. The Kier molecular flexibility index (Phi) is 7.34. The van der Waals surface area contributed by atoms with Crippen LogP contribution >= 0.6 is 0 Å². The molecule has 0 aromatic rings. The van der Waals surface area contributed by atoms with Gasteiger partial charge in [0.1, 0.15) is 6.61 Å². The summed E-state index contributed by atoms with van der Waals surface area (Å²) in [5.41, 5.74) is 0. The lowest BCUT2D eigenvalue weighted by Crippen LogP contribution is -1.73. The summed E-state index contributed by atoms with van der Waals surface area (Å²) in [4.78, 5) is 0. The minimum Gasteiger partial charge on any atom is -0.384 e. The van der Waals surface area contributed by atoms with Crippen LogP contribution in [-0.4, -0.2) is 11.7 Å². The molecular weight excluding hydrogens is 124 g/mol. The number of unbranched alkanes of at least 4 members (excludes halogenated alkanes) is 2. The molecule has 0 radical (unpaired) electrons. The van der Waals surface area contributed by atoms with Gasteiger partial charge in [0, 0.05) is 12.8 Å². The van der Waals surface area contributed by atoms with Gasteiger partial charge in [-0.15, -0.1) is 17.8 Å². The van der Waals surface area contributed by atoms with Gasteiger partial charge in [0.15, 0.2) is 0 Å². The fourth-order valence-corrected chi connectivity index (χ4v) is 0.534. The maximum Gasteiger partial charge on any atom is 0.104 e. The molecule has 0 spiro atoms. The third-order valence-corrected chi connectivity index (χ3v) is 0.984. The number of hydrogen-bond donors (Lipinski definition) is 1. The molecule has 0 saturated carbocycles. The third-order valence-electron chi connectivity index (χ3n) is 0.984. The summed E-state index contributed by atoms with van der Waals surface area (Å²) >= 11 is 0. The van der Waals surface area contributed by atoms with Crippen molar-refractivity contribution in [1.82, 2.24) is 0 Å². The second-order valence-electron chi connectivity index (χ2n) is 1.79. The molecule has 54 valence electrons. The predicted molar refractivity (Wildman–Crippen MR) is 42.2 cm³/mol. The van der Waals surface area contributed by atoms with Crippen molar-refractivity contribution in [3.05, 3.63) is 0 Å². The summed E-state index contributed by atoms with van der Waals surface area (Å²) in [6.45, 7) is 1.80. The monoisotopic (exact) mass is 136 g/mol. The molecule has 1 N–H and O–H groups in total. The number of aliphatic hydroxyl groups excluding tert-OH is 1. The Balaban J connectivity index is 3.10. The van der Waals surface area contributed by atoms with E-state index < -0.39 is 0 Å². The van der Waals surface area contributed by atoms with Crippen molar-refractivity contribution in [2.24, 2.45) is 0 Å². The van der Waals surface area contributed by atoms with Crippen LogP contribution < -0.4 is 0 Å². The highest BCUT2D eigenvalue weighted by Gasteiger charge is 1.77. The van der Waals surface area contributed by atoms with Gasteiger partial charge in [0.2, 0.25) is 0 Å². The Morgan fingerprint density at radius 2 is 1.80 bits per heavy atom. The van der Waals surface area contributed by atoms with Gasteiger partial charge >= 0.3 is 0 Å². The van der Waals surface area contributed by atoms with E-state index in [0.717, 1.165) is 19.3 Å². The van der Waals surface area contributed by atoms with E-state index in [1.165, 1.54) is 0 Å². The van der Waals surface area contributed by atoms with Crippen molar-refractivity contribution in [3.63, 3.8) is 0 Å². The molecule has 0 unspecified atom stereocenters. The zero-order chi connectivity index (χ0) is 7.66. The van der Waals surface area contributed by atoms with Gasteiger partial charge in [0.05, 0.1) is 0 Å². The van der Waals surface area contributed by atoms with Crippen molar-refractivity contribution in [3.8, 4) is 23.7 Å². The zero-order valence-electron chi connectivity index (χ0n) is 6.28. The first kappa shape index (κ1) is 9.08. The molecule has 0 heterocycles. The van der Waals surface area contributed by atoms with Gasteiger partial charge < -0.3 is 5.11 Å². The van der Waals surface area contributed by atoms with Crippen LogP contribution in [0.15, 0.2) is 0 Å². The van der Waals surface area contributed by atoms with Crippen molar-refractivity contribution in [1.29, 1.82) is 0 Å². The van der Waals surface area contributed by atoms with Gasteiger partial charge in [-0.1, -0.05) is 5.92 Å². The smallest absolute Gasteiger partial charge is 0.104 e. The van der Waals surface area contributed by atoms with Crippen LogP contribution in [0.25, 0.3) is 0 Å². The Hall–Kier alpha value is -0.920. The molecule has 0 aliphatic carbocycles. The summed E-state index contributed by atoms with van der Waals surface area (Å²) in [5, 5.41) is 8.27. The van der Waals surface area contributed by atoms with Crippen molar-refractivity contribution < 1.29 is 5.11 Å². The lowest BCUT2D eigenvalue weighted by atomic mass is 10.2. The molecule has 1 nitrogen and oxygen atoms in total. The van der Waals surface area contributed by atoms with E-state index in [1.54, 1.807) is 0 Å². The van der Waals surface area contributed by atoms with Gasteiger partial charge in [-0.05, 0) is 13.3 Å². The second-order valence-corrected chi connectivity index (χ2v) is 1.79. The van der Waals surface area contributed by atoms with Crippen LogP contribution in [0.3, 0.4) is 0 Å². The average molecular weight is 136 g/mol. The molecule has 0 atom stereocenters. The topological polar surface area (TPSA) is 20.2 Å². The van der Waals surface area contributed by atoms with E-state index in [2.05, 4.69) is 23.7 Å². The first-order chi connectivity index (χ1) is 4.91. The lowest BCUT2D eigenvalue weighted by molar-refractivity contribution is 0.350. The van der Waals surface area contributed by atoms with Crippen LogP contribution in [0.4, 0.5) is 0 Å². The standard InChI is InChI=1S/C9H12O/c1-2-3-4-5-6-7-8-9-10/h10H,4-6,9H2,1H3. The maximum absolute atomic E-state index is 8.27. The van der Waals surface area contributed by atoms with E-state index >= 15 is 0 Å². The molecule has 0 saturated heterocycles. The molecular formula is C9H12O. The lowest BCUT2D eigenvalue weighted by Gasteiger charge is -1.82. The summed E-state index contributed by atoms with van der Waals surface area (Å²) < 4.78 is 0. The van der Waals surface area contributed by atoms with Gasteiger partial charge in [-0.25, -0.2) is 0 Å². The molecule has 0 bridgehead atoms. The van der Waals surface area contributed by atoms with Gasteiger partial charge in [-0.2, -0.15) is 0 Å². The Morgan fingerprint density at radius 3 is 2.40 bits per heavy atom. The van der Waals surface area contributed by atoms with Gasteiger partial charge in [-0.3, -0.25) is 0 Å². The van der Waals surface area contributed by atoms with Crippen molar-refractivity contribution >= 4 is 0 Å². The number of rotatable bonds is 2. The van der Waals surface area contributed by atoms with E-state index in [0.29, 0.717) is 0 Å². The molecule has 0 aromatic carbocycles. The highest BCUT2D eigenvalue weighted by Crippen LogP contribution is 1.90. The predicted octanol–water partition coefficient (Wildman–Crippen LogP) is 1.18. The molecule has 0 aromatic heterocycles. The largest absolute Gasteiger partial charge is 0.384 e. The van der Waals surface area contributed by atoms with E-state index in [9.17, 15) is 0 Å². The maximum atomic E-state index is 8.27. The van der Waals surface area contributed by atoms with Gasteiger partial charge in [0.25, 0.3) is 0 Å². The van der Waals surface area contributed by atoms with Crippen LogP contribution in [0, 0.1) is 23.7 Å². The fourth-order valence-electron chi connectivity index (χ4n) is 0.534. The number of hydrogen-bond acceptors (Lipinski definition) is 1. The summed E-state index contributed by atoms with van der Waals surface area (Å²) in [6.07, 6.45) is 2.76. The fraction of sp³-hybridized carbons (Fsp3) is 0.556.